The van der Waals surface area contributed by atoms with Crippen LogP contribution in [0.5, 0.6) is 0 Å². The minimum atomic E-state index is -0.824. The molecule has 0 aromatic heterocycles. The standard InChI is InChI=1S/C8H14O4.C7H12O4/c9-7(10)5-3-1-2-4-6-8(11)12;1-11-7(10)5-3-2-4-6(8)9/h1-6H2,(H,9,10)(H,11,12);2-5H2,1H3,(H,8,9). The van der Waals surface area contributed by atoms with Gasteiger partial charge in [-0.1, -0.05) is 12.8 Å². The Morgan fingerprint density at radius 2 is 0.913 bits per heavy atom. The Morgan fingerprint density at radius 1 is 0.609 bits per heavy atom. The normalized spacial score (nSPS) is 9.43. The number of methoxy groups -OCH3 is 1. The Balaban J connectivity index is 0. The number of carboxylic acids is 3. The zero-order valence-electron chi connectivity index (χ0n) is 13.5. The summed E-state index contributed by atoms with van der Waals surface area (Å²) < 4.78 is 4.37. The maximum absolute atomic E-state index is 10.5. The summed E-state index contributed by atoms with van der Waals surface area (Å²) in [6, 6.07) is 0. The Hall–Kier alpha value is -2.12. The summed E-state index contributed by atoms with van der Waals surface area (Å²) in [5.74, 6) is -2.67. The summed E-state index contributed by atoms with van der Waals surface area (Å²) >= 11 is 0. The molecule has 0 aromatic rings. The first kappa shape index (κ1) is 23.2. The number of carbonyl (C=O) groups excluding carboxylic acids is 1. The second-order valence-electron chi connectivity index (χ2n) is 4.88. The lowest BCUT2D eigenvalue weighted by atomic mass is 10.1. The second-order valence-corrected chi connectivity index (χ2v) is 4.88. The fourth-order valence-electron chi connectivity index (χ4n) is 1.55. The van der Waals surface area contributed by atoms with Gasteiger partial charge in [-0.15, -0.1) is 0 Å². The molecule has 8 heteroatoms. The van der Waals surface area contributed by atoms with Gasteiger partial charge in [0.25, 0.3) is 0 Å². The van der Waals surface area contributed by atoms with E-state index in [2.05, 4.69) is 4.74 Å². The molecule has 0 aliphatic heterocycles. The fourth-order valence-corrected chi connectivity index (χ4v) is 1.55. The number of rotatable bonds is 12. The monoisotopic (exact) mass is 334 g/mol. The van der Waals surface area contributed by atoms with Gasteiger partial charge in [0.1, 0.15) is 0 Å². The molecular formula is C15H26O8. The molecule has 8 nitrogen and oxygen atoms in total. The number of hydrogen-bond donors (Lipinski definition) is 3. The minimum absolute atomic E-state index is 0.122. The van der Waals surface area contributed by atoms with Gasteiger partial charge in [-0.3, -0.25) is 19.2 Å². The quantitative estimate of drug-likeness (QED) is 0.365. The highest BCUT2D eigenvalue weighted by Gasteiger charge is 2.01. The molecule has 0 atom stereocenters. The molecule has 0 unspecified atom stereocenters. The lowest BCUT2D eigenvalue weighted by molar-refractivity contribution is -0.141. The van der Waals surface area contributed by atoms with Crippen LogP contribution in [-0.2, 0) is 23.9 Å². The highest BCUT2D eigenvalue weighted by Crippen LogP contribution is 2.05. The number of unbranched alkanes of at least 4 members (excludes halogenated alkanes) is 4. The molecule has 0 bridgehead atoms. The first-order valence-electron chi connectivity index (χ1n) is 7.51. The Morgan fingerprint density at radius 3 is 1.22 bits per heavy atom. The third-order valence-electron chi connectivity index (χ3n) is 2.78. The molecule has 0 spiro atoms. The number of carboxylic acid groups (broad SMARTS) is 3. The summed E-state index contributed by atoms with van der Waals surface area (Å²) in [4.78, 5) is 40.6. The van der Waals surface area contributed by atoms with Crippen LogP contribution < -0.4 is 0 Å². The Labute approximate surface area is 135 Å². The van der Waals surface area contributed by atoms with Crippen LogP contribution in [0.4, 0.5) is 0 Å². The molecule has 134 valence electrons. The smallest absolute Gasteiger partial charge is 0.305 e. The van der Waals surface area contributed by atoms with Gasteiger partial charge >= 0.3 is 23.9 Å². The van der Waals surface area contributed by atoms with Gasteiger partial charge in [-0.25, -0.2) is 0 Å². The molecule has 0 aliphatic carbocycles. The van der Waals surface area contributed by atoms with Crippen LogP contribution >= 0.6 is 0 Å². The van der Waals surface area contributed by atoms with Crippen LogP contribution in [0.2, 0.25) is 0 Å². The molecular weight excluding hydrogens is 308 g/mol. The molecule has 0 rings (SSSR count). The molecule has 0 saturated carbocycles. The third kappa shape index (κ3) is 25.2. The van der Waals surface area contributed by atoms with Crippen molar-refractivity contribution in [1.29, 1.82) is 0 Å². The summed E-state index contributed by atoms with van der Waals surface area (Å²) in [6.45, 7) is 0. The van der Waals surface area contributed by atoms with Gasteiger partial charge in [0.05, 0.1) is 7.11 Å². The van der Waals surface area contributed by atoms with Crippen molar-refractivity contribution in [1.82, 2.24) is 0 Å². The molecule has 0 aliphatic rings. The van der Waals surface area contributed by atoms with E-state index in [1.807, 2.05) is 0 Å². The maximum Gasteiger partial charge on any atom is 0.305 e. The summed E-state index contributed by atoms with van der Waals surface area (Å²) in [5.41, 5.74) is 0. The largest absolute Gasteiger partial charge is 0.481 e. The zero-order valence-corrected chi connectivity index (χ0v) is 13.5. The van der Waals surface area contributed by atoms with Crippen LogP contribution in [0, 0.1) is 0 Å². The van der Waals surface area contributed by atoms with E-state index in [9.17, 15) is 19.2 Å². The Bertz CT molecular complexity index is 346. The SMILES string of the molecule is COC(=O)CCCCC(=O)O.O=C(O)CCCCCCC(=O)O. The van der Waals surface area contributed by atoms with E-state index in [1.54, 1.807) is 0 Å². The molecule has 0 heterocycles. The fraction of sp³-hybridized carbons (Fsp3) is 0.733. The number of ether oxygens (including phenoxy) is 1. The number of aliphatic carboxylic acids is 3. The summed E-state index contributed by atoms with van der Waals surface area (Å²) in [6.07, 6.45) is 4.83. The van der Waals surface area contributed by atoms with Crippen LogP contribution in [0.1, 0.15) is 64.2 Å². The van der Waals surface area contributed by atoms with Crippen molar-refractivity contribution in [3.05, 3.63) is 0 Å². The van der Waals surface area contributed by atoms with Crippen molar-refractivity contribution in [2.75, 3.05) is 7.11 Å². The van der Waals surface area contributed by atoms with Gasteiger partial charge in [-0.05, 0) is 25.7 Å². The zero-order chi connectivity index (χ0) is 18.1. The molecule has 3 N–H and O–H groups in total. The van der Waals surface area contributed by atoms with E-state index < -0.39 is 17.9 Å². The van der Waals surface area contributed by atoms with Crippen molar-refractivity contribution in [2.45, 2.75) is 64.2 Å². The van der Waals surface area contributed by atoms with Crippen LogP contribution in [0.15, 0.2) is 0 Å². The third-order valence-corrected chi connectivity index (χ3v) is 2.78. The molecule has 0 saturated heterocycles. The lowest BCUT2D eigenvalue weighted by Crippen LogP contribution is -2.00. The van der Waals surface area contributed by atoms with E-state index >= 15 is 0 Å². The molecule has 0 fully saturated rings. The molecule has 23 heavy (non-hydrogen) atoms. The van der Waals surface area contributed by atoms with Crippen molar-refractivity contribution >= 4 is 23.9 Å². The molecule has 0 radical (unpaired) electrons. The average Bonchev–Trinajstić information content (AvgIpc) is 2.47. The predicted octanol–water partition coefficient (Wildman–Crippen LogP) is 2.30. The average molecular weight is 334 g/mol. The van der Waals surface area contributed by atoms with Crippen molar-refractivity contribution < 1.29 is 39.2 Å². The predicted molar refractivity (Wildman–Crippen MR) is 81.1 cm³/mol. The van der Waals surface area contributed by atoms with Crippen LogP contribution in [0.3, 0.4) is 0 Å². The van der Waals surface area contributed by atoms with E-state index in [0.717, 1.165) is 12.8 Å². The van der Waals surface area contributed by atoms with Crippen molar-refractivity contribution in [3.63, 3.8) is 0 Å². The number of carbonyl (C=O) groups is 4. The topological polar surface area (TPSA) is 138 Å². The van der Waals surface area contributed by atoms with Crippen LogP contribution in [0.25, 0.3) is 0 Å². The molecule has 0 aromatic carbocycles. The van der Waals surface area contributed by atoms with Crippen molar-refractivity contribution in [3.8, 4) is 0 Å². The highest BCUT2D eigenvalue weighted by atomic mass is 16.5. The van der Waals surface area contributed by atoms with E-state index in [1.165, 1.54) is 7.11 Å². The number of esters is 1. The highest BCUT2D eigenvalue weighted by molar-refractivity contribution is 5.69. The Kier molecular flexibility index (Phi) is 16.4. The molecule has 0 amide bonds. The lowest BCUT2D eigenvalue weighted by Gasteiger charge is -1.96. The van der Waals surface area contributed by atoms with E-state index in [4.69, 9.17) is 15.3 Å². The second kappa shape index (κ2) is 16.3. The maximum atomic E-state index is 10.5. The van der Waals surface area contributed by atoms with Crippen LogP contribution in [-0.4, -0.2) is 46.3 Å². The van der Waals surface area contributed by atoms with Gasteiger partial charge in [-0.2, -0.15) is 0 Å². The van der Waals surface area contributed by atoms with Crippen molar-refractivity contribution in [2.24, 2.45) is 0 Å². The first-order valence-corrected chi connectivity index (χ1v) is 7.51. The minimum Gasteiger partial charge on any atom is -0.481 e. The number of hydrogen-bond acceptors (Lipinski definition) is 5. The van der Waals surface area contributed by atoms with Gasteiger partial charge in [0, 0.05) is 25.7 Å². The van der Waals surface area contributed by atoms with E-state index in [-0.39, 0.29) is 25.2 Å². The summed E-state index contributed by atoms with van der Waals surface area (Å²) in [7, 11) is 1.32. The first-order chi connectivity index (χ1) is 10.8. The van der Waals surface area contributed by atoms with Gasteiger partial charge in [0.2, 0.25) is 0 Å². The summed E-state index contributed by atoms with van der Waals surface area (Å²) in [5, 5.41) is 24.7. The van der Waals surface area contributed by atoms with E-state index in [0.29, 0.717) is 32.1 Å². The van der Waals surface area contributed by atoms with Gasteiger partial charge < -0.3 is 20.1 Å². The van der Waals surface area contributed by atoms with Gasteiger partial charge in [0.15, 0.2) is 0 Å².